The van der Waals surface area contributed by atoms with E-state index in [1.807, 2.05) is 126 Å². The summed E-state index contributed by atoms with van der Waals surface area (Å²) in [7, 11) is 10.2. The molecule has 105 heavy (non-hydrogen) atoms. The second kappa shape index (κ2) is 30.8. The van der Waals surface area contributed by atoms with Crippen molar-refractivity contribution in [3.63, 3.8) is 0 Å². The number of nitrogens with zero attached hydrogens (tertiary/aromatic N) is 3. The third-order valence-corrected chi connectivity index (χ3v) is 23.9. The molecule has 6 aliphatic rings. The largest absolute Gasteiger partial charge is 0.495 e. The topological polar surface area (TPSA) is 269 Å². The molecule has 3 aliphatic heterocycles. The summed E-state index contributed by atoms with van der Waals surface area (Å²) in [5.41, 5.74) is 7.05. The number of carboxylic acid groups (broad SMARTS) is 3. The zero-order chi connectivity index (χ0) is 74.2. The second-order valence-corrected chi connectivity index (χ2v) is 30.0. The summed E-state index contributed by atoms with van der Waals surface area (Å²) in [5, 5.41) is 42.7. The van der Waals surface area contributed by atoms with Gasteiger partial charge in [0.1, 0.15) is 50.9 Å². The summed E-state index contributed by atoms with van der Waals surface area (Å²) in [4.78, 5) is 76.2. The minimum absolute atomic E-state index is 0.177. The first-order valence-corrected chi connectivity index (χ1v) is 36.8. The Morgan fingerprint density at radius 1 is 0.390 bits per heavy atom. The number of hydrogen-bond donors (Lipinski definition) is 6. The van der Waals surface area contributed by atoms with Crippen LogP contribution in [0.5, 0.6) is 17.2 Å². The van der Waals surface area contributed by atoms with Crippen LogP contribution in [0.25, 0.3) is 32.7 Å². The van der Waals surface area contributed by atoms with E-state index in [0.717, 1.165) is 143 Å². The molecule has 6 fully saturated rings. The van der Waals surface area contributed by atoms with Gasteiger partial charge in [0, 0.05) is 37.3 Å². The number of ether oxygens (including phenoxy) is 6. The van der Waals surface area contributed by atoms with E-state index in [1.165, 1.54) is 0 Å². The van der Waals surface area contributed by atoms with Crippen LogP contribution in [0.15, 0.2) is 127 Å². The van der Waals surface area contributed by atoms with Crippen molar-refractivity contribution in [1.82, 2.24) is 29.7 Å². The molecule has 6 heterocycles. The Bertz CT molecular complexity index is 4290. The molecule has 1 unspecified atom stereocenters. The zero-order valence-corrected chi connectivity index (χ0v) is 61.8. The van der Waals surface area contributed by atoms with Gasteiger partial charge in [0.25, 0.3) is 17.7 Å². The number of hydrogen-bond acceptors (Lipinski definition) is 12. The second-order valence-electron chi connectivity index (χ2n) is 28.8. The number of aromatic nitrogens is 3. The summed E-state index contributed by atoms with van der Waals surface area (Å²) in [5.74, 6) is -2.31. The number of benzene rings is 6. The van der Waals surface area contributed by atoms with Gasteiger partial charge in [0.2, 0.25) is 0 Å². The predicted octanol–water partition coefficient (Wildman–Crippen LogP) is 14.6. The van der Waals surface area contributed by atoms with Crippen LogP contribution >= 0.6 is 34.8 Å². The lowest BCUT2D eigenvalue weighted by Crippen LogP contribution is -2.59. The van der Waals surface area contributed by atoms with E-state index in [4.69, 9.17) is 63.2 Å². The van der Waals surface area contributed by atoms with E-state index in [1.54, 1.807) is 57.7 Å². The van der Waals surface area contributed by atoms with Crippen molar-refractivity contribution in [2.75, 3.05) is 61.0 Å². The number of methoxy groups -OCH3 is 3. The molecule has 21 nitrogen and oxygen atoms in total. The lowest BCUT2D eigenvalue weighted by molar-refractivity contribution is -0.141. The first-order chi connectivity index (χ1) is 50.5. The van der Waals surface area contributed by atoms with E-state index in [-0.39, 0.29) is 35.5 Å². The molecule has 15 rings (SSSR count). The fourth-order valence-corrected chi connectivity index (χ4v) is 17.5. The molecule has 3 amide bonds. The van der Waals surface area contributed by atoms with E-state index < -0.39 is 52.3 Å². The van der Waals surface area contributed by atoms with Gasteiger partial charge in [-0.25, -0.2) is 0 Å². The molecular formula is C81H87Cl3N6O15. The van der Waals surface area contributed by atoms with Crippen LogP contribution in [0.4, 0.5) is 0 Å². The standard InChI is InChI=1S/3C27H29ClN2O5/c3*1-30-20-11-12-22(34-2)24(28)19(20)13-21(30)25(31)29-27(14-35-15-27)18-9-7-17(8-10-18)23(26(32)33)16-5-3-4-6-16/h3*7-13,16,23H,3-6,14-15H2,1-2H3,(H,29,31)(H,32,33)/t2*23-;/m10./s1. The Labute approximate surface area is 623 Å². The molecule has 0 radical (unpaired) electrons. The maximum Gasteiger partial charge on any atom is 0.311 e. The minimum atomic E-state index is -0.772. The Morgan fingerprint density at radius 3 is 0.810 bits per heavy atom. The number of halogens is 3. The monoisotopic (exact) mass is 1490 g/mol. The number of fused-ring (bicyclic) bond motifs is 3. The highest BCUT2D eigenvalue weighted by atomic mass is 35.5. The Morgan fingerprint density at radius 2 is 0.619 bits per heavy atom. The predicted molar refractivity (Wildman–Crippen MR) is 400 cm³/mol. The highest BCUT2D eigenvalue weighted by Crippen LogP contribution is 2.45. The summed E-state index contributed by atoms with van der Waals surface area (Å²) in [6.45, 7) is 2.09. The van der Waals surface area contributed by atoms with Gasteiger partial charge in [-0.05, 0) is 144 Å². The van der Waals surface area contributed by atoms with Crippen LogP contribution in [0, 0.1) is 17.8 Å². The van der Waals surface area contributed by atoms with E-state index in [2.05, 4.69) is 16.0 Å². The maximum absolute atomic E-state index is 13.4. The number of carbonyl (C=O) groups excluding carboxylic acids is 3. The SMILES string of the molecule is COc1ccc2c(cc(C(=O)NC3(c4ccc(C(C(=O)O)C5CCCC5)cc4)COC3)n2C)c1Cl.COc1ccc2c(cc(C(=O)NC3(c4ccc([C@@H](C(=O)O)C5CCCC5)cc4)COC3)n2C)c1Cl.COc1ccc2c(cc(C(=O)NC3(c4ccc([C@H](C(=O)O)C5CCCC5)cc4)COC3)n2C)c1Cl. The molecule has 24 heteroatoms. The molecule has 6 N–H and O–H groups in total. The van der Waals surface area contributed by atoms with Crippen molar-refractivity contribution < 1.29 is 72.5 Å². The molecule has 3 saturated carbocycles. The number of rotatable bonds is 21. The van der Waals surface area contributed by atoms with Gasteiger partial charge in [-0.15, -0.1) is 0 Å². The van der Waals surface area contributed by atoms with Gasteiger partial charge < -0.3 is 73.4 Å². The Hall–Kier alpha value is -9.09. The number of aliphatic carboxylic acids is 3. The number of amides is 3. The summed E-state index contributed by atoms with van der Waals surface area (Å²) >= 11 is 19.4. The Balaban J connectivity index is 0.000000140. The molecule has 6 aromatic carbocycles. The molecule has 3 aliphatic carbocycles. The first-order valence-electron chi connectivity index (χ1n) is 35.7. The van der Waals surface area contributed by atoms with Crippen molar-refractivity contribution in [3.05, 3.63) is 193 Å². The van der Waals surface area contributed by atoms with Crippen molar-refractivity contribution >= 4 is 103 Å². The lowest BCUT2D eigenvalue weighted by atomic mass is 9.82. The lowest BCUT2D eigenvalue weighted by Gasteiger charge is -2.42. The van der Waals surface area contributed by atoms with Gasteiger partial charge >= 0.3 is 17.9 Å². The Kier molecular flexibility index (Phi) is 21.7. The third kappa shape index (κ3) is 14.2. The number of carbonyl (C=O) groups is 6. The molecule has 9 aromatic rings. The van der Waals surface area contributed by atoms with Gasteiger partial charge in [0.15, 0.2) is 0 Å². The number of carboxylic acids is 3. The van der Waals surface area contributed by atoms with Crippen LogP contribution in [0.2, 0.25) is 15.1 Å². The average Bonchev–Trinajstić information content (AvgIpc) is 1.73. The van der Waals surface area contributed by atoms with E-state index in [9.17, 15) is 44.1 Å². The molecule has 3 atom stereocenters. The average molecular weight is 1490 g/mol. The van der Waals surface area contributed by atoms with Crippen LogP contribution < -0.4 is 30.2 Å². The highest BCUT2D eigenvalue weighted by Gasteiger charge is 2.46. The summed E-state index contributed by atoms with van der Waals surface area (Å²) in [6, 6.07) is 39.2. The van der Waals surface area contributed by atoms with Crippen LogP contribution in [0.3, 0.4) is 0 Å². The van der Waals surface area contributed by atoms with Crippen LogP contribution in [-0.4, -0.2) is 126 Å². The minimum Gasteiger partial charge on any atom is -0.495 e. The van der Waals surface area contributed by atoms with Crippen LogP contribution in [0.1, 0.15) is 160 Å². The van der Waals surface area contributed by atoms with Gasteiger partial charge in [-0.2, -0.15) is 0 Å². The fraction of sp³-hybridized carbons (Fsp3) is 0.407. The number of aryl methyl sites for hydroxylation is 3. The third-order valence-electron chi connectivity index (χ3n) is 22.8. The number of nitrogens with one attached hydrogen (secondary N) is 3. The molecular weight excluding hydrogens is 1400 g/mol. The fourth-order valence-electron chi connectivity index (χ4n) is 16.6. The summed E-state index contributed by atoms with van der Waals surface area (Å²) < 4.78 is 37.9. The quantitative estimate of drug-likeness (QED) is 0.0390. The van der Waals surface area contributed by atoms with Gasteiger partial charge in [-0.1, -0.05) is 146 Å². The normalized spacial score (nSPS) is 18.3. The van der Waals surface area contributed by atoms with Crippen molar-refractivity contribution in [1.29, 1.82) is 0 Å². The van der Waals surface area contributed by atoms with E-state index in [0.29, 0.717) is 89.0 Å². The smallest absolute Gasteiger partial charge is 0.311 e. The molecule has 3 saturated heterocycles. The molecule has 552 valence electrons. The molecule has 0 spiro atoms. The molecule has 0 bridgehead atoms. The van der Waals surface area contributed by atoms with Crippen LogP contribution in [-0.2, 0) is 66.4 Å². The summed E-state index contributed by atoms with van der Waals surface area (Å²) in [6.07, 6.45) is 12.2. The highest BCUT2D eigenvalue weighted by molar-refractivity contribution is 6.38. The first kappa shape index (κ1) is 74.2. The zero-order valence-electron chi connectivity index (χ0n) is 59.5. The van der Waals surface area contributed by atoms with Gasteiger partial charge in [0.05, 0.1) is 110 Å². The van der Waals surface area contributed by atoms with Crippen molar-refractivity contribution in [2.24, 2.45) is 38.9 Å². The van der Waals surface area contributed by atoms with E-state index >= 15 is 0 Å². The molecule has 3 aromatic heterocycles. The maximum atomic E-state index is 13.4. The van der Waals surface area contributed by atoms with Crippen molar-refractivity contribution in [2.45, 2.75) is 111 Å². The van der Waals surface area contributed by atoms with Crippen molar-refractivity contribution in [3.8, 4) is 17.2 Å². The van der Waals surface area contributed by atoms with Gasteiger partial charge in [-0.3, -0.25) is 28.8 Å².